The number of ether oxygens (including phenoxy) is 1. The zero-order valence-corrected chi connectivity index (χ0v) is 15.6. The quantitative estimate of drug-likeness (QED) is 0.698. The highest BCUT2D eigenvalue weighted by molar-refractivity contribution is 5.93. The molecule has 1 heterocycles. The molecule has 2 N–H and O–H groups in total. The predicted octanol–water partition coefficient (Wildman–Crippen LogP) is 3.78. The van der Waals surface area contributed by atoms with Crippen molar-refractivity contribution in [2.24, 2.45) is 0 Å². The Balaban J connectivity index is 1.60. The third-order valence-corrected chi connectivity index (χ3v) is 4.38. The third-order valence-electron chi connectivity index (χ3n) is 4.38. The predicted molar refractivity (Wildman–Crippen MR) is 105 cm³/mol. The summed E-state index contributed by atoms with van der Waals surface area (Å²) in [6.07, 6.45) is 3.04. The van der Waals surface area contributed by atoms with Gasteiger partial charge < -0.3 is 15.4 Å². The molecule has 1 amide bonds. The molecule has 0 unspecified atom stereocenters. The summed E-state index contributed by atoms with van der Waals surface area (Å²) in [5, 5.41) is 6.04. The van der Waals surface area contributed by atoms with Crippen LogP contribution in [0.3, 0.4) is 0 Å². The Morgan fingerprint density at radius 1 is 1.04 bits per heavy atom. The van der Waals surface area contributed by atoms with E-state index in [1.54, 1.807) is 7.11 Å². The lowest BCUT2D eigenvalue weighted by atomic mass is 10.1. The van der Waals surface area contributed by atoms with Crippen LogP contribution in [-0.2, 0) is 6.54 Å². The van der Waals surface area contributed by atoms with Gasteiger partial charge in [-0.25, -0.2) is 9.97 Å². The molecule has 1 aromatic heterocycles. The highest BCUT2D eigenvalue weighted by Gasteiger charge is 2.08. The Hall–Kier alpha value is -3.41. The second kappa shape index (κ2) is 8.31. The van der Waals surface area contributed by atoms with E-state index in [2.05, 4.69) is 33.6 Å². The SMILES string of the molecule is COc1ccc(CNC(=O)c2cnc(Nc3cccc(C)c3C)nc2)cc1. The maximum Gasteiger partial charge on any atom is 0.254 e. The van der Waals surface area contributed by atoms with Gasteiger partial charge in [0.2, 0.25) is 5.95 Å². The number of carbonyl (C=O) groups excluding carboxylic acids is 1. The van der Waals surface area contributed by atoms with Crippen LogP contribution in [0.5, 0.6) is 5.75 Å². The lowest BCUT2D eigenvalue weighted by molar-refractivity contribution is 0.0950. The Bertz CT molecular complexity index is 922. The summed E-state index contributed by atoms with van der Waals surface area (Å²) in [4.78, 5) is 20.8. The second-order valence-electron chi connectivity index (χ2n) is 6.20. The van der Waals surface area contributed by atoms with Crippen molar-refractivity contribution in [3.05, 3.63) is 77.1 Å². The monoisotopic (exact) mass is 362 g/mol. The molecular formula is C21H22N4O2. The van der Waals surface area contributed by atoms with Gasteiger partial charge in [0, 0.05) is 24.6 Å². The van der Waals surface area contributed by atoms with Crippen molar-refractivity contribution in [1.29, 1.82) is 0 Å². The molecule has 0 aliphatic carbocycles. The van der Waals surface area contributed by atoms with Gasteiger partial charge in [-0.1, -0.05) is 24.3 Å². The molecule has 0 bridgehead atoms. The number of amides is 1. The minimum atomic E-state index is -0.218. The summed E-state index contributed by atoms with van der Waals surface area (Å²) in [5.41, 5.74) is 4.68. The molecule has 0 fully saturated rings. The van der Waals surface area contributed by atoms with Gasteiger partial charge in [-0.05, 0) is 48.7 Å². The van der Waals surface area contributed by atoms with Crippen LogP contribution in [0.2, 0.25) is 0 Å². The van der Waals surface area contributed by atoms with E-state index in [1.165, 1.54) is 18.0 Å². The number of benzene rings is 2. The minimum absolute atomic E-state index is 0.218. The van der Waals surface area contributed by atoms with Gasteiger partial charge in [0.15, 0.2) is 0 Å². The fourth-order valence-electron chi connectivity index (χ4n) is 2.54. The van der Waals surface area contributed by atoms with E-state index in [9.17, 15) is 4.79 Å². The van der Waals surface area contributed by atoms with Gasteiger partial charge in [-0.3, -0.25) is 4.79 Å². The van der Waals surface area contributed by atoms with Gasteiger partial charge >= 0.3 is 0 Å². The minimum Gasteiger partial charge on any atom is -0.497 e. The van der Waals surface area contributed by atoms with Gasteiger partial charge in [0.25, 0.3) is 5.91 Å². The zero-order valence-electron chi connectivity index (χ0n) is 15.6. The average molecular weight is 362 g/mol. The summed E-state index contributed by atoms with van der Waals surface area (Å²) in [7, 11) is 1.62. The number of hydrogen-bond donors (Lipinski definition) is 2. The largest absolute Gasteiger partial charge is 0.497 e. The number of anilines is 2. The fourth-order valence-corrected chi connectivity index (χ4v) is 2.54. The number of aryl methyl sites for hydroxylation is 1. The van der Waals surface area contributed by atoms with Gasteiger partial charge in [-0.15, -0.1) is 0 Å². The first-order chi connectivity index (χ1) is 13.1. The molecule has 0 aliphatic rings. The van der Waals surface area contributed by atoms with Crippen LogP contribution in [0.1, 0.15) is 27.0 Å². The molecule has 27 heavy (non-hydrogen) atoms. The highest BCUT2D eigenvalue weighted by Crippen LogP contribution is 2.20. The van der Waals surface area contributed by atoms with Crippen molar-refractivity contribution >= 4 is 17.5 Å². The molecule has 2 aromatic carbocycles. The molecular weight excluding hydrogens is 340 g/mol. The lowest BCUT2D eigenvalue weighted by Crippen LogP contribution is -2.23. The van der Waals surface area contributed by atoms with Gasteiger partial charge in [-0.2, -0.15) is 0 Å². The number of nitrogens with one attached hydrogen (secondary N) is 2. The Labute approximate surface area is 158 Å². The molecule has 0 saturated heterocycles. The number of aromatic nitrogens is 2. The van der Waals surface area contributed by atoms with Crippen LogP contribution >= 0.6 is 0 Å². The van der Waals surface area contributed by atoms with E-state index in [4.69, 9.17) is 4.74 Å². The fraction of sp³-hybridized carbons (Fsp3) is 0.190. The molecule has 6 nitrogen and oxygen atoms in total. The van der Waals surface area contributed by atoms with E-state index in [1.807, 2.05) is 43.3 Å². The maximum atomic E-state index is 12.3. The molecule has 0 radical (unpaired) electrons. The van der Waals surface area contributed by atoms with Gasteiger partial charge in [0.1, 0.15) is 5.75 Å². The number of hydrogen-bond acceptors (Lipinski definition) is 5. The molecule has 0 atom stereocenters. The standard InChI is InChI=1S/C21H22N4O2/c1-14-5-4-6-19(15(14)2)25-21-23-12-17(13-24-21)20(26)22-11-16-7-9-18(27-3)10-8-16/h4-10,12-13H,11H2,1-3H3,(H,22,26)(H,23,24,25). The van der Waals surface area contributed by atoms with Crippen LogP contribution in [-0.4, -0.2) is 23.0 Å². The number of carbonyl (C=O) groups is 1. The van der Waals surface area contributed by atoms with Crippen molar-refractivity contribution in [1.82, 2.24) is 15.3 Å². The van der Waals surface area contributed by atoms with Crippen molar-refractivity contribution < 1.29 is 9.53 Å². The first kappa shape index (κ1) is 18.4. The molecule has 6 heteroatoms. The Morgan fingerprint density at radius 3 is 2.41 bits per heavy atom. The van der Waals surface area contributed by atoms with Crippen LogP contribution in [0, 0.1) is 13.8 Å². The van der Waals surface area contributed by atoms with E-state index < -0.39 is 0 Å². The number of methoxy groups -OCH3 is 1. The smallest absolute Gasteiger partial charge is 0.254 e. The number of nitrogens with zero attached hydrogens (tertiary/aromatic N) is 2. The highest BCUT2D eigenvalue weighted by atomic mass is 16.5. The summed E-state index contributed by atoms with van der Waals surface area (Å²) < 4.78 is 5.12. The average Bonchev–Trinajstić information content (AvgIpc) is 2.70. The zero-order chi connectivity index (χ0) is 19.2. The van der Waals surface area contributed by atoms with Gasteiger partial charge in [0.05, 0.1) is 12.7 Å². The summed E-state index contributed by atoms with van der Waals surface area (Å²) in [6.45, 7) is 4.52. The van der Waals surface area contributed by atoms with Crippen molar-refractivity contribution in [3.63, 3.8) is 0 Å². The normalized spacial score (nSPS) is 10.3. The van der Waals surface area contributed by atoms with Crippen molar-refractivity contribution in [2.45, 2.75) is 20.4 Å². The first-order valence-electron chi connectivity index (χ1n) is 8.63. The maximum absolute atomic E-state index is 12.3. The lowest BCUT2D eigenvalue weighted by Gasteiger charge is -2.10. The van der Waals surface area contributed by atoms with E-state index in [0.717, 1.165) is 22.6 Å². The molecule has 3 rings (SSSR count). The third kappa shape index (κ3) is 4.61. The van der Waals surface area contributed by atoms with E-state index >= 15 is 0 Å². The number of rotatable bonds is 6. The Kier molecular flexibility index (Phi) is 5.66. The molecule has 0 saturated carbocycles. The molecule has 0 spiro atoms. The van der Waals surface area contributed by atoms with Crippen LogP contribution < -0.4 is 15.4 Å². The Morgan fingerprint density at radius 2 is 1.74 bits per heavy atom. The summed E-state index contributed by atoms with van der Waals surface area (Å²) in [5.74, 6) is 1.02. The summed E-state index contributed by atoms with van der Waals surface area (Å²) in [6, 6.07) is 13.5. The summed E-state index contributed by atoms with van der Waals surface area (Å²) >= 11 is 0. The van der Waals surface area contributed by atoms with E-state index in [0.29, 0.717) is 18.1 Å². The molecule has 0 aliphatic heterocycles. The van der Waals surface area contributed by atoms with Crippen LogP contribution in [0.15, 0.2) is 54.9 Å². The van der Waals surface area contributed by atoms with Crippen molar-refractivity contribution in [2.75, 3.05) is 12.4 Å². The second-order valence-corrected chi connectivity index (χ2v) is 6.20. The van der Waals surface area contributed by atoms with Crippen LogP contribution in [0.25, 0.3) is 0 Å². The first-order valence-corrected chi connectivity index (χ1v) is 8.63. The van der Waals surface area contributed by atoms with Crippen molar-refractivity contribution in [3.8, 4) is 5.75 Å². The van der Waals surface area contributed by atoms with Crippen LogP contribution in [0.4, 0.5) is 11.6 Å². The molecule has 138 valence electrons. The molecule has 3 aromatic rings. The van der Waals surface area contributed by atoms with E-state index in [-0.39, 0.29) is 5.91 Å². The topological polar surface area (TPSA) is 76.1 Å².